The fourth-order valence-corrected chi connectivity index (χ4v) is 0.837. The number of rotatable bonds is 1. The van der Waals surface area contributed by atoms with Gasteiger partial charge in [-0.25, -0.2) is 0 Å². The van der Waals surface area contributed by atoms with E-state index in [1.807, 2.05) is 0 Å². The molecule has 2 nitrogen and oxygen atoms in total. The van der Waals surface area contributed by atoms with Gasteiger partial charge < -0.3 is 5.32 Å². The summed E-state index contributed by atoms with van der Waals surface area (Å²) in [6.07, 6.45) is -1.75. The van der Waals surface area contributed by atoms with Crippen molar-refractivity contribution in [1.29, 1.82) is 0 Å². The van der Waals surface area contributed by atoms with Gasteiger partial charge in [0.1, 0.15) is 0 Å². The van der Waals surface area contributed by atoms with Crippen LogP contribution in [0.1, 0.15) is 6.42 Å². The molecular formula is C6H6F3NO. The molecular weight excluding hydrogens is 159 g/mol. The van der Waals surface area contributed by atoms with Crippen LogP contribution in [-0.2, 0) is 4.79 Å². The van der Waals surface area contributed by atoms with Gasteiger partial charge in [-0.05, 0) is 12.6 Å². The number of nitrogens with one attached hydrogen (secondary N) is 1. The zero-order valence-corrected chi connectivity index (χ0v) is 5.48. The zero-order valence-electron chi connectivity index (χ0n) is 5.48. The molecule has 62 valence electrons. The van der Waals surface area contributed by atoms with E-state index >= 15 is 0 Å². The molecule has 1 unspecified atom stereocenters. The van der Waals surface area contributed by atoms with E-state index in [0.717, 1.165) is 0 Å². The van der Waals surface area contributed by atoms with E-state index in [4.69, 9.17) is 0 Å². The van der Waals surface area contributed by atoms with Gasteiger partial charge in [-0.1, -0.05) is 6.08 Å². The van der Waals surface area contributed by atoms with E-state index in [2.05, 4.69) is 5.32 Å². The third-order valence-corrected chi connectivity index (χ3v) is 1.38. The molecule has 0 aromatic carbocycles. The van der Waals surface area contributed by atoms with Gasteiger partial charge >= 0.3 is 6.18 Å². The summed E-state index contributed by atoms with van der Waals surface area (Å²) in [6.45, 7) is 0. The average molecular weight is 165 g/mol. The molecule has 5 heteroatoms. The van der Waals surface area contributed by atoms with Crippen molar-refractivity contribution in [3.63, 3.8) is 0 Å². The smallest absolute Gasteiger partial charge is 0.381 e. The van der Waals surface area contributed by atoms with E-state index in [0.29, 0.717) is 0 Å². The van der Waals surface area contributed by atoms with Crippen molar-refractivity contribution in [2.24, 2.45) is 0 Å². The standard InChI is InChI=1S/C6H6F3NO/c7-6(8,9)5(11)4-2-1-3-10-4/h1,3-4,10H,2H2. The molecule has 0 saturated carbocycles. The molecule has 0 spiro atoms. The molecule has 0 fully saturated rings. The lowest BCUT2D eigenvalue weighted by molar-refractivity contribution is -0.172. The van der Waals surface area contributed by atoms with Crippen molar-refractivity contribution in [3.8, 4) is 0 Å². The Kier molecular flexibility index (Phi) is 1.89. The summed E-state index contributed by atoms with van der Waals surface area (Å²) < 4.78 is 35.1. The number of halogens is 3. The second-order valence-electron chi connectivity index (χ2n) is 2.22. The van der Waals surface area contributed by atoms with Crippen LogP contribution >= 0.6 is 0 Å². The van der Waals surface area contributed by atoms with Crippen LogP contribution in [-0.4, -0.2) is 18.0 Å². The van der Waals surface area contributed by atoms with Gasteiger partial charge in [0, 0.05) is 0 Å². The maximum atomic E-state index is 11.7. The molecule has 1 rings (SSSR count). The van der Waals surface area contributed by atoms with Crippen molar-refractivity contribution >= 4 is 5.78 Å². The Bertz CT molecular complexity index is 188. The molecule has 0 aliphatic carbocycles. The van der Waals surface area contributed by atoms with E-state index in [1.165, 1.54) is 12.3 Å². The topological polar surface area (TPSA) is 29.1 Å². The van der Waals surface area contributed by atoms with Gasteiger partial charge in [-0.3, -0.25) is 4.79 Å². The minimum Gasteiger partial charge on any atom is -0.381 e. The SMILES string of the molecule is O=C(C1CC=CN1)C(F)(F)F. The molecule has 0 aromatic heterocycles. The third kappa shape index (κ3) is 1.72. The Morgan fingerprint density at radius 1 is 1.55 bits per heavy atom. The predicted molar refractivity (Wildman–Crippen MR) is 31.7 cm³/mol. The lowest BCUT2D eigenvalue weighted by Crippen LogP contribution is -2.39. The maximum Gasteiger partial charge on any atom is 0.452 e. The first kappa shape index (κ1) is 8.10. The summed E-state index contributed by atoms with van der Waals surface area (Å²) >= 11 is 0. The first-order chi connectivity index (χ1) is 5.02. The summed E-state index contributed by atoms with van der Waals surface area (Å²) in [4.78, 5) is 10.4. The Labute approximate surface area is 61.1 Å². The van der Waals surface area contributed by atoms with Crippen LogP contribution in [0, 0.1) is 0 Å². The van der Waals surface area contributed by atoms with Crippen LogP contribution < -0.4 is 5.32 Å². The molecule has 0 amide bonds. The van der Waals surface area contributed by atoms with Crippen molar-refractivity contribution in [2.45, 2.75) is 18.6 Å². The highest BCUT2D eigenvalue weighted by molar-refractivity contribution is 5.89. The quantitative estimate of drug-likeness (QED) is 0.627. The van der Waals surface area contributed by atoms with E-state index in [-0.39, 0.29) is 6.42 Å². The fraction of sp³-hybridized carbons (Fsp3) is 0.500. The Balaban J connectivity index is 2.55. The molecule has 0 saturated heterocycles. The molecule has 0 aromatic rings. The summed E-state index contributed by atoms with van der Waals surface area (Å²) in [5.74, 6) is -1.71. The van der Waals surface area contributed by atoms with E-state index in [9.17, 15) is 18.0 Å². The lowest BCUT2D eigenvalue weighted by Gasteiger charge is -2.11. The third-order valence-electron chi connectivity index (χ3n) is 1.38. The maximum absolute atomic E-state index is 11.7. The van der Waals surface area contributed by atoms with Crippen LogP contribution in [0.5, 0.6) is 0 Å². The van der Waals surface area contributed by atoms with Crippen LogP contribution in [0.3, 0.4) is 0 Å². The minimum atomic E-state index is -4.72. The van der Waals surface area contributed by atoms with Gasteiger partial charge in [0.05, 0.1) is 6.04 Å². The van der Waals surface area contributed by atoms with Crippen molar-refractivity contribution in [2.75, 3.05) is 0 Å². The highest BCUT2D eigenvalue weighted by atomic mass is 19.4. The molecule has 1 aliphatic heterocycles. The number of alkyl halides is 3. The fourth-order valence-electron chi connectivity index (χ4n) is 0.837. The number of Topliss-reactive ketones (excluding diaryl/α,β-unsaturated/α-hetero) is 1. The van der Waals surface area contributed by atoms with Crippen LogP contribution in [0.25, 0.3) is 0 Å². The highest BCUT2D eigenvalue weighted by Gasteiger charge is 2.43. The molecule has 0 radical (unpaired) electrons. The molecule has 1 aliphatic rings. The summed E-state index contributed by atoms with van der Waals surface area (Å²) in [5.41, 5.74) is 0. The number of ketones is 1. The van der Waals surface area contributed by atoms with E-state index in [1.54, 1.807) is 0 Å². The van der Waals surface area contributed by atoms with Crippen LogP contribution in [0.15, 0.2) is 12.3 Å². The Hall–Kier alpha value is -1.00. The molecule has 0 bridgehead atoms. The predicted octanol–water partition coefficient (Wildman–Crippen LogP) is 0.993. The summed E-state index contributed by atoms with van der Waals surface area (Å²) in [5, 5.41) is 2.31. The van der Waals surface area contributed by atoms with E-state index < -0.39 is 18.0 Å². The van der Waals surface area contributed by atoms with Crippen molar-refractivity contribution < 1.29 is 18.0 Å². The van der Waals surface area contributed by atoms with Gasteiger partial charge in [0.25, 0.3) is 5.78 Å². The van der Waals surface area contributed by atoms with Gasteiger partial charge in [0.2, 0.25) is 0 Å². The molecule has 1 N–H and O–H groups in total. The number of hydrogen-bond acceptors (Lipinski definition) is 2. The number of hydrogen-bond donors (Lipinski definition) is 1. The second-order valence-corrected chi connectivity index (χ2v) is 2.22. The lowest BCUT2D eigenvalue weighted by atomic mass is 10.1. The number of carbonyl (C=O) groups excluding carboxylic acids is 1. The average Bonchev–Trinajstić information content (AvgIpc) is 2.34. The number of carbonyl (C=O) groups is 1. The minimum absolute atomic E-state index is 0.123. The molecule has 1 atom stereocenters. The molecule has 1 heterocycles. The largest absolute Gasteiger partial charge is 0.452 e. The second kappa shape index (κ2) is 2.56. The Morgan fingerprint density at radius 3 is 2.55 bits per heavy atom. The van der Waals surface area contributed by atoms with Gasteiger partial charge in [-0.15, -0.1) is 0 Å². The van der Waals surface area contributed by atoms with Gasteiger partial charge in [0.15, 0.2) is 0 Å². The Morgan fingerprint density at radius 2 is 2.18 bits per heavy atom. The summed E-state index contributed by atoms with van der Waals surface area (Å²) in [6, 6.07) is -1.10. The van der Waals surface area contributed by atoms with Crippen LogP contribution in [0.4, 0.5) is 13.2 Å². The van der Waals surface area contributed by atoms with Gasteiger partial charge in [-0.2, -0.15) is 13.2 Å². The monoisotopic (exact) mass is 165 g/mol. The van der Waals surface area contributed by atoms with Crippen molar-refractivity contribution in [3.05, 3.63) is 12.3 Å². The van der Waals surface area contributed by atoms with Crippen molar-refractivity contribution in [1.82, 2.24) is 5.32 Å². The van der Waals surface area contributed by atoms with Crippen LogP contribution in [0.2, 0.25) is 0 Å². The normalized spacial score (nSPS) is 23.4. The first-order valence-corrected chi connectivity index (χ1v) is 3.04. The summed E-state index contributed by atoms with van der Waals surface area (Å²) in [7, 11) is 0. The zero-order chi connectivity index (χ0) is 8.48. The highest BCUT2D eigenvalue weighted by Crippen LogP contribution is 2.20. The molecule has 11 heavy (non-hydrogen) atoms. The first-order valence-electron chi connectivity index (χ1n) is 3.04.